The Morgan fingerprint density at radius 1 is 1.30 bits per heavy atom. The van der Waals surface area contributed by atoms with Gasteiger partial charge < -0.3 is 15.0 Å². The van der Waals surface area contributed by atoms with E-state index in [2.05, 4.69) is 14.7 Å². The quantitative estimate of drug-likeness (QED) is 0.912. The second-order valence-electron chi connectivity index (χ2n) is 4.00. The van der Waals surface area contributed by atoms with Crippen LogP contribution in [0.5, 0.6) is 5.75 Å². The molecule has 0 atom stereocenters. The van der Waals surface area contributed by atoms with Crippen molar-refractivity contribution in [2.75, 3.05) is 6.54 Å². The van der Waals surface area contributed by atoms with Crippen LogP contribution in [-0.4, -0.2) is 16.7 Å². The molecule has 1 aromatic heterocycles. The van der Waals surface area contributed by atoms with Gasteiger partial charge in [-0.15, -0.1) is 0 Å². The van der Waals surface area contributed by atoms with Crippen LogP contribution in [0.25, 0.3) is 0 Å². The van der Waals surface area contributed by atoms with E-state index in [1.807, 2.05) is 0 Å². The fourth-order valence-corrected chi connectivity index (χ4v) is 1.65. The molecule has 0 spiro atoms. The molecule has 2 N–H and O–H groups in total. The molecule has 0 saturated carbocycles. The van der Waals surface area contributed by atoms with Crippen LogP contribution in [0.3, 0.4) is 0 Å². The molecule has 8 heteroatoms. The molecule has 0 aliphatic heterocycles. The summed E-state index contributed by atoms with van der Waals surface area (Å²) in [5.74, 6) is -0.104. The van der Waals surface area contributed by atoms with Crippen molar-refractivity contribution in [2.24, 2.45) is 5.73 Å². The monoisotopic (exact) mass is 287 g/mol. The highest BCUT2D eigenvalue weighted by molar-refractivity contribution is 5.39. The fourth-order valence-electron chi connectivity index (χ4n) is 1.65. The number of benzene rings is 1. The summed E-state index contributed by atoms with van der Waals surface area (Å²) < 4.78 is 48.5. The lowest BCUT2D eigenvalue weighted by Crippen LogP contribution is -2.11. The summed E-state index contributed by atoms with van der Waals surface area (Å²) in [6, 6.07) is 3.86. The highest BCUT2D eigenvalue weighted by Gasteiger charge is 2.34. The van der Waals surface area contributed by atoms with Gasteiger partial charge in [-0.2, -0.15) is 18.2 Å². The molecule has 0 radical (unpaired) electrons. The van der Waals surface area contributed by atoms with Crippen LogP contribution in [0.2, 0.25) is 0 Å². The zero-order valence-electron chi connectivity index (χ0n) is 10.4. The summed E-state index contributed by atoms with van der Waals surface area (Å²) in [6.45, 7) is 0.0795. The smallest absolute Gasteiger partial charge is 0.419 e. The number of hydrogen-bond donors (Lipinski definition) is 1. The minimum absolute atomic E-state index is 0.171. The van der Waals surface area contributed by atoms with Gasteiger partial charge in [-0.25, -0.2) is 0 Å². The Kier molecular flexibility index (Phi) is 4.23. The summed E-state index contributed by atoms with van der Waals surface area (Å²) in [4.78, 5) is 3.67. The molecule has 20 heavy (non-hydrogen) atoms. The summed E-state index contributed by atoms with van der Waals surface area (Å²) in [5, 5.41) is 3.46. The van der Waals surface area contributed by atoms with Crippen molar-refractivity contribution < 1.29 is 22.4 Å². The van der Waals surface area contributed by atoms with Crippen LogP contribution in [0.15, 0.2) is 29.1 Å². The molecule has 0 unspecified atom stereocenters. The SMILES string of the molecule is NCCc1ccc(OCc2ncon2)c(C(F)(F)F)c1. The second kappa shape index (κ2) is 5.91. The van der Waals surface area contributed by atoms with E-state index in [9.17, 15) is 13.2 Å². The van der Waals surface area contributed by atoms with Crippen molar-refractivity contribution in [1.29, 1.82) is 0 Å². The number of aromatic nitrogens is 2. The van der Waals surface area contributed by atoms with Crippen LogP contribution in [0.1, 0.15) is 17.0 Å². The maximum atomic E-state index is 13.0. The number of hydrogen-bond acceptors (Lipinski definition) is 5. The Morgan fingerprint density at radius 3 is 2.70 bits per heavy atom. The summed E-state index contributed by atoms with van der Waals surface area (Å²) in [5.41, 5.74) is 5.01. The van der Waals surface area contributed by atoms with Crippen molar-refractivity contribution in [3.63, 3.8) is 0 Å². The van der Waals surface area contributed by atoms with Gasteiger partial charge in [-0.3, -0.25) is 0 Å². The first-order chi connectivity index (χ1) is 9.50. The summed E-state index contributed by atoms with van der Waals surface area (Å²) in [7, 11) is 0. The fraction of sp³-hybridized carbons (Fsp3) is 0.333. The molecule has 1 heterocycles. The molecule has 0 amide bonds. The highest BCUT2D eigenvalue weighted by Crippen LogP contribution is 2.37. The van der Waals surface area contributed by atoms with Crippen molar-refractivity contribution in [3.05, 3.63) is 41.5 Å². The third kappa shape index (κ3) is 3.47. The van der Waals surface area contributed by atoms with Gasteiger partial charge in [0.1, 0.15) is 5.75 Å². The molecular weight excluding hydrogens is 275 g/mol. The Bertz CT molecular complexity index is 556. The van der Waals surface area contributed by atoms with Gasteiger partial charge in [-0.1, -0.05) is 11.2 Å². The van der Waals surface area contributed by atoms with E-state index in [1.165, 1.54) is 6.07 Å². The van der Waals surface area contributed by atoms with E-state index in [0.29, 0.717) is 12.0 Å². The first kappa shape index (κ1) is 14.3. The summed E-state index contributed by atoms with van der Waals surface area (Å²) >= 11 is 0. The molecule has 1 aromatic carbocycles. The third-order valence-electron chi connectivity index (χ3n) is 2.55. The molecule has 2 rings (SSSR count). The van der Waals surface area contributed by atoms with E-state index < -0.39 is 11.7 Å². The molecule has 5 nitrogen and oxygen atoms in total. The van der Waals surface area contributed by atoms with Gasteiger partial charge in [0.15, 0.2) is 6.61 Å². The first-order valence-corrected chi connectivity index (χ1v) is 5.79. The van der Waals surface area contributed by atoms with Gasteiger partial charge in [0.05, 0.1) is 5.56 Å². The second-order valence-corrected chi connectivity index (χ2v) is 4.00. The number of rotatable bonds is 5. The van der Waals surface area contributed by atoms with Gasteiger partial charge in [0, 0.05) is 0 Å². The molecule has 0 aliphatic rings. The third-order valence-corrected chi connectivity index (χ3v) is 2.55. The Morgan fingerprint density at radius 2 is 2.10 bits per heavy atom. The topological polar surface area (TPSA) is 74.2 Å². The lowest BCUT2D eigenvalue weighted by Gasteiger charge is -2.14. The Hall–Kier alpha value is -2.09. The zero-order chi connectivity index (χ0) is 14.6. The minimum Gasteiger partial charge on any atom is -0.485 e. The summed E-state index contributed by atoms with van der Waals surface area (Å²) in [6.07, 6.45) is -3.06. The van der Waals surface area contributed by atoms with Gasteiger partial charge in [0.2, 0.25) is 12.2 Å². The average Bonchev–Trinajstić information content (AvgIpc) is 2.89. The number of ether oxygens (including phenoxy) is 1. The molecule has 0 aliphatic carbocycles. The van der Waals surface area contributed by atoms with Gasteiger partial charge >= 0.3 is 6.18 Å². The Balaban J connectivity index is 2.22. The predicted octanol–water partition coefficient (Wildman–Crippen LogP) is 2.17. The normalized spacial score (nSPS) is 11.6. The van der Waals surface area contributed by atoms with Crippen molar-refractivity contribution in [1.82, 2.24) is 10.1 Å². The molecular formula is C12H12F3N3O2. The van der Waals surface area contributed by atoms with Gasteiger partial charge in [-0.05, 0) is 30.7 Å². The number of alkyl halides is 3. The van der Waals surface area contributed by atoms with Crippen LogP contribution < -0.4 is 10.5 Å². The standard InChI is InChI=1S/C12H12F3N3O2/c13-12(14,15)9-5-8(3-4-16)1-2-10(9)19-6-11-17-7-20-18-11/h1-2,5,7H,3-4,6,16H2. The van der Waals surface area contributed by atoms with E-state index in [0.717, 1.165) is 12.5 Å². The largest absolute Gasteiger partial charge is 0.485 e. The number of halogens is 3. The maximum absolute atomic E-state index is 13.0. The molecule has 108 valence electrons. The van der Waals surface area contributed by atoms with Gasteiger partial charge in [0.25, 0.3) is 0 Å². The molecule has 2 aromatic rings. The maximum Gasteiger partial charge on any atom is 0.419 e. The van der Waals surface area contributed by atoms with Crippen molar-refractivity contribution in [3.8, 4) is 5.75 Å². The average molecular weight is 287 g/mol. The lowest BCUT2D eigenvalue weighted by molar-refractivity contribution is -0.139. The van der Waals surface area contributed by atoms with Crippen LogP contribution in [0, 0.1) is 0 Å². The molecule has 0 bridgehead atoms. The number of nitrogens with two attached hydrogens (primary N) is 1. The Labute approximate surface area is 112 Å². The van der Waals surface area contributed by atoms with Crippen LogP contribution >= 0.6 is 0 Å². The van der Waals surface area contributed by atoms with E-state index in [-0.39, 0.29) is 24.7 Å². The van der Waals surface area contributed by atoms with Crippen LogP contribution in [0.4, 0.5) is 13.2 Å². The molecule has 0 saturated heterocycles. The van der Waals surface area contributed by atoms with E-state index in [4.69, 9.17) is 10.5 Å². The predicted molar refractivity (Wildman–Crippen MR) is 62.8 cm³/mol. The first-order valence-electron chi connectivity index (χ1n) is 5.79. The van der Waals surface area contributed by atoms with Crippen LogP contribution in [-0.2, 0) is 19.2 Å². The van der Waals surface area contributed by atoms with E-state index in [1.54, 1.807) is 6.07 Å². The highest BCUT2D eigenvalue weighted by atomic mass is 19.4. The molecule has 0 fully saturated rings. The zero-order valence-corrected chi connectivity index (χ0v) is 10.4. The number of nitrogens with zero attached hydrogens (tertiary/aromatic N) is 2. The minimum atomic E-state index is -4.50. The lowest BCUT2D eigenvalue weighted by atomic mass is 10.1. The van der Waals surface area contributed by atoms with E-state index >= 15 is 0 Å². The van der Waals surface area contributed by atoms with Crippen molar-refractivity contribution >= 4 is 0 Å². The van der Waals surface area contributed by atoms with Crippen molar-refractivity contribution in [2.45, 2.75) is 19.2 Å².